The summed E-state index contributed by atoms with van der Waals surface area (Å²) < 4.78 is 5.21. The second-order valence-electron chi connectivity index (χ2n) is 4.61. The first-order chi connectivity index (χ1) is 10.6. The number of aliphatic carboxylic acids is 1. The van der Waals surface area contributed by atoms with Crippen LogP contribution in [0.2, 0.25) is 0 Å². The van der Waals surface area contributed by atoms with Crippen molar-refractivity contribution in [2.24, 2.45) is 0 Å². The highest BCUT2D eigenvalue weighted by molar-refractivity contribution is 6.07. The lowest BCUT2D eigenvalue weighted by Gasteiger charge is -2.27. The highest BCUT2D eigenvalue weighted by Gasteiger charge is 2.21. The third-order valence-corrected chi connectivity index (χ3v) is 3.09. The molecule has 1 aliphatic heterocycles. The number of carbonyl (C=O) groups is 3. The number of para-hydroxylation sites is 1. The van der Waals surface area contributed by atoms with Crippen molar-refractivity contribution in [3.05, 3.63) is 42.0 Å². The van der Waals surface area contributed by atoms with Crippen LogP contribution in [0.1, 0.15) is 10.4 Å². The minimum Gasteiger partial charge on any atom is -0.478 e. The number of anilines is 1. The molecule has 2 amide bonds. The summed E-state index contributed by atoms with van der Waals surface area (Å²) in [4.78, 5) is 36.2. The zero-order valence-electron chi connectivity index (χ0n) is 11.8. The second kappa shape index (κ2) is 7.37. The predicted octanol–water partition coefficient (Wildman–Crippen LogP) is 0.738. The Morgan fingerprint density at radius 2 is 1.82 bits per heavy atom. The Morgan fingerprint density at radius 3 is 2.50 bits per heavy atom. The lowest BCUT2D eigenvalue weighted by molar-refractivity contribution is -0.131. The van der Waals surface area contributed by atoms with Crippen molar-refractivity contribution in [1.82, 2.24) is 4.90 Å². The number of carboxylic acids is 1. The molecule has 0 spiro atoms. The van der Waals surface area contributed by atoms with E-state index >= 15 is 0 Å². The number of hydrogen-bond acceptors (Lipinski definition) is 4. The lowest BCUT2D eigenvalue weighted by atomic mass is 10.1. The number of amides is 2. The van der Waals surface area contributed by atoms with Crippen molar-refractivity contribution in [3.8, 4) is 0 Å². The fourth-order valence-electron chi connectivity index (χ4n) is 2.04. The van der Waals surface area contributed by atoms with Gasteiger partial charge in [0.05, 0.1) is 24.5 Å². The number of hydrogen-bond donors (Lipinski definition) is 2. The molecule has 0 aromatic heterocycles. The molecule has 1 aromatic rings. The van der Waals surface area contributed by atoms with E-state index in [4.69, 9.17) is 9.84 Å². The van der Waals surface area contributed by atoms with Gasteiger partial charge in [-0.15, -0.1) is 0 Å². The van der Waals surface area contributed by atoms with Crippen LogP contribution in [0, 0.1) is 0 Å². The Morgan fingerprint density at radius 1 is 1.14 bits per heavy atom. The molecular formula is C15H16N2O5. The molecule has 0 unspecified atom stereocenters. The van der Waals surface area contributed by atoms with E-state index in [0.29, 0.717) is 37.6 Å². The van der Waals surface area contributed by atoms with Crippen LogP contribution in [0.4, 0.5) is 5.69 Å². The average molecular weight is 304 g/mol. The third kappa shape index (κ3) is 4.16. The van der Waals surface area contributed by atoms with E-state index in [-0.39, 0.29) is 5.91 Å². The maximum atomic E-state index is 12.5. The maximum Gasteiger partial charge on any atom is 0.328 e. The van der Waals surface area contributed by atoms with Crippen LogP contribution in [0.3, 0.4) is 0 Å². The van der Waals surface area contributed by atoms with E-state index in [1.165, 1.54) is 0 Å². The summed E-state index contributed by atoms with van der Waals surface area (Å²) in [6, 6.07) is 6.61. The summed E-state index contributed by atoms with van der Waals surface area (Å²) in [5.74, 6) is -2.01. The molecule has 0 atom stereocenters. The molecule has 2 N–H and O–H groups in total. The Kier molecular flexibility index (Phi) is 5.26. The van der Waals surface area contributed by atoms with E-state index in [1.54, 1.807) is 29.2 Å². The molecule has 1 saturated heterocycles. The predicted molar refractivity (Wildman–Crippen MR) is 78.6 cm³/mol. The van der Waals surface area contributed by atoms with Gasteiger partial charge in [-0.3, -0.25) is 9.59 Å². The number of carboxylic acid groups (broad SMARTS) is 1. The van der Waals surface area contributed by atoms with Gasteiger partial charge in [0.2, 0.25) is 5.91 Å². The van der Waals surface area contributed by atoms with Crippen molar-refractivity contribution < 1.29 is 24.2 Å². The topological polar surface area (TPSA) is 95.9 Å². The summed E-state index contributed by atoms with van der Waals surface area (Å²) in [6.07, 6.45) is 1.64. The number of benzene rings is 1. The Labute approximate surface area is 127 Å². The summed E-state index contributed by atoms with van der Waals surface area (Å²) in [6.45, 7) is 1.98. The molecule has 1 aromatic carbocycles. The number of rotatable bonds is 4. The highest BCUT2D eigenvalue weighted by Crippen LogP contribution is 2.18. The van der Waals surface area contributed by atoms with Crippen LogP contribution < -0.4 is 5.32 Å². The lowest BCUT2D eigenvalue weighted by Crippen LogP contribution is -2.41. The van der Waals surface area contributed by atoms with Gasteiger partial charge >= 0.3 is 5.97 Å². The van der Waals surface area contributed by atoms with E-state index < -0.39 is 11.9 Å². The SMILES string of the molecule is O=C(O)/C=C\C(=O)Nc1ccccc1C(=O)N1CCOCC1. The van der Waals surface area contributed by atoms with Gasteiger partial charge in [0.25, 0.3) is 5.91 Å². The monoisotopic (exact) mass is 304 g/mol. The first-order valence-electron chi connectivity index (χ1n) is 6.76. The van der Waals surface area contributed by atoms with Crippen molar-refractivity contribution >= 4 is 23.5 Å². The number of morpholine rings is 1. The number of nitrogens with one attached hydrogen (secondary N) is 1. The second-order valence-corrected chi connectivity index (χ2v) is 4.61. The van der Waals surface area contributed by atoms with Gasteiger partial charge in [-0.2, -0.15) is 0 Å². The van der Waals surface area contributed by atoms with E-state index in [0.717, 1.165) is 12.2 Å². The van der Waals surface area contributed by atoms with Crippen molar-refractivity contribution in [2.45, 2.75) is 0 Å². The van der Waals surface area contributed by atoms with Gasteiger partial charge < -0.3 is 20.1 Å². The van der Waals surface area contributed by atoms with Gasteiger partial charge in [-0.1, -0.05) is 12.1 Å². The van der Waals surface area contributed by atoms with Gasteiger partial charge in [-0.25, -0.2) is 4.79 Å². The number of nitrogens with zero attached hydrogens (tertiary/aromatic N) is 1. The molecule has 1 fully saturated rings. The fraction of sp³-hybridized carbons (Fsp3) is 0.267. The average Bonchev–Trinajstić information content (AvgIpc) is 2.53. The van der Waals surface area contributed by atoms with Crippen LogP contribution in [0.25, 0.3) is 0 Å². The quantitative estimate of drug-likeness (QED) is 0.800. The van der Waals surface area contributed by atoms with E-state index in [2.05, 4.69) is 5.32 Å². The van der Waals surface area contributed by atoms with Gasteiger partial charge in [-0.05, 0) is 12.1 Å². The molecule has 22 heavy (non-hydrogen) atoms. The largest absolute Gasteiger partial charge is 0.478 e. The number of ether oxygens (including phenoxy) is 1. The molecule has 2 rings (SSSR count). The zero-order valence-corrected chi connectivity index (χ0v) is 11.8. The van der Waals surface area contributed by atoms with Crippen LogP contribution in [-0.4, -0.2) is 54.1 Å². The van der Waals surface area contributed by atoms with Crippen molar-refractivity contribution in [3.63, 3.8) is 0 Å². The van der Waals surface area contributed by atoms with Crippen molar-refractivity contribution in [1.29, 1.82) is 0 Å². The molecule has 1 heterocycles. The van der Waals surface area contributed by atoms with Gasteiger partial charge in [0.1, 0.15) is 0 Å². The molecule has 7 heteroatoms. The molecule has 0 bridgehead atoms. The summed E-state index contributed by atoms with van der Waals surface area (Å²) in [7, 11) is 0. The molecule has 0 saturated carbocycles. The Bertz CT molecular complexity index is 606. The van der Waals surface area contributed by atoms with E-state index in [9.17, 15) is 14.4 Å². The summed E-state index contributed by atoms with van der Waals surface area (Å²) >= 11 is 0. The normalized spacial score (nSPS) is 14.8. The van der Waals surface area contributed by atoms with Crippen LogP contribution in [0.5, 0.6) is 0 Å². The van der Waals surface area contributed by atoms with E-state index in [1.807, 2.05) is 0 Å². The third-order valence-electron chi connectivity index (χ3n) is 3.09. The standard InChI is InChI=1S/C15H16N2O5/c18-13(5-6-14(19)20)16-12-4-2-1-3-11(12)15(21)17-7-9-22-10-8-17/h1-6H,7-10H2,(H,16,18)(H,19,20)/b6-5-. The maximum absolute atomic E-state index is 12.5. The van der Waals surface area contributed by atoms with Crippen LogP contribution in [-0.2, 0) is 14.3 Å². The summed E-state index contributed by atoms with van der Waals surface area (Å²) in [5.41, 5.74) is 0.709. The Balaban J connectivity index is 2.14. The smallest absolute Gasteiger partial charge is 0.328 e. The first kappa shape index (κ1) is 15.7. The van der Waals surface area contributed by atoms with Crippen molar-refractivity contribution in [2.75, 3.05) is 31.6 Å². The molecule has 1 aliphatic rings. The van der Waals surface area contributed by atoms with Gasteiger partial charge in [0, 0.05) is 25.2 Å². The Hall–Kier alpha value is -2.67. The molecule has 0 radical (unpaired) electrons. The minimum atomic E-state index is -1.21. The highest BCUT2D eigenvalue weighted by atomic mass is 16.5. The van der Waals surface area contributed by atoms with Gasteiger partial charge in [0.15, 0.2) is 0 Å². The molecule has 0 aliphatic carbocycles. The molecule has 7 nitrogen and oxygen atoms in total. The minimum absolute atomic E-state index is 0.193. The first-order valence-corrected chi connectivity index (χ1v) is 6.76. The fourth-order valence-corrected chi connectivity index (χ4v) is 2.04. The van der Waals surface area contributed by atoms with Crippen LogP contribution >= 0.6 is 0 Å². The zero-order chi connectivity index (χ0) is 15.9. The molecule has 116 valence electrons. The summed E-state index contributed by atoms with van der Waals surface area (Å²) in [5, 5.41) is 11.0. The molecular weight excluding hydrogens is 288 g/mol. The number of carbonyl (C=O) groups excluding carboxylic acids is 2. The van der Waals surface area contributed by atoms with Crippen LogP contribution in [0.15, 0.2) is 36.4 Å².